The highest BCUT2D eigenvalue weighted by Gasteiger charge is 2.62. The molecule has 5 heteroatoms. The van der Waals surface area contributed by atoms with Crippen LogP contribution in [-0.2, 0) is 10.3 Å². The van der Waals surface area contributed by atoms with Crippen molar-refractivity contribution in [3.05, 3.63) is 28.5 Å². The molecule has 0 unspecified atom stereocenters. The molecule has 4 nitrogen and oxygen atoms in total. The molecule has 0 radical (unpaired) electrons. The minimum absolute atomic E-state index is 0.313. The van der Waals surface area contributed by atoms with E-state index in [1.807, 2.05) is 39.1 Å². The zero-order valence-corrected chi connectivity index (χ0v) is 14.3. The third-order valence-electron chi connectivity index (χ3n) is 4.33. The summed E-state index contributed by atoms with van der Waals surface area (Å²) in [7, 11) is 0. The Morgan fingerprint density at radius 2 is 2.00 bits per heavy atom. The lowest BCUT2D eigenvalue weighted by atomic mass is 9.62. The summed E-state index contributed by atoms with van der Waals surface area (Å²) in [5, 5.41) is 3.10. The molecule has 114 valence electrons. The number of pyridine rings is 1. The molecule has 0 atom stereocenters. The molecule has 1 amide bonds. The molecule has 0 aliphatic heterocycles. The number of hydrogen-bond donors (Lipinski definition) is 1. The van der Waals surface area contributed by atoms with Gasteiger partial charge in [-0.05, 0) is 79.4 Å². The van der Waals surface area contributed by atoms with E-state index in [4.69, 9.17) is 4.74 Å². The van der Waals surface area contributed by atoms with Crippen molar-refractivity contribution >= 4 is 22.0 Å². The van der Waals surface area contributed by atoms with Crippen molar-refractivity contribution in [1.82, 2.24) is 10.3 Å². The summed E-state index contributed by atoms with van der Waals surface area (Å²) in [5.41, 5.74) is 0.730. The Kier molecular flexibility index (Phi) is 3.32. The molecule has 2 saturated carbocycles. The Labute approximate surface area is 133 Å². The quantitative estimate of drug-likeness (QED) is 0.813. The van der Waals surface area contributed by atoms with E-state index >= 15 is 0 Å². The van der Waals surface area contributed by atoms with Crippen LogP contribution in [-0.4, -0.2) is 16.7 Å². The van der Waals surface area contributed by atoms with E-state index in [0.29, 0.717) is 5.41 Å². The van der Waals surface area contributed by atoms with Crippen LogP contribution in [0.15, 0.2) is 22.9 Å². The van der Waals surface area contributed by atoms with Crippen LogP contribution >= 0.6 is 15.9 Å². The highest BCUT2D eigenvalue weighted by atomic mass is 79.9. The third-order valence-corrected chi connectivity index (χ3v) is 4.80. The normalized spacial score (nSPS) is 21.5. The zero-order chi connectivity index (χ0) is 15.3. The predicted octanol–water partition coefficient (Wildman–Crippen LogP) is 4.14. The Balaban J connectivity index is 1.78. The van der Waals surface area contributed by atoms with Crippen molar-refractivity contribution in [2.75, 3.05) is 0 Å². The van der Waals surface area contributed by atoms with Gasteiger partial charge in [-0.25, -0.2) is 9.78 Å². The number of halogens is 1. The summed E-state index contributed by atoms with van der Waals surface area (Å²) in [5.74, 6) is 0. The number of rotatable bonds is 2. The van der Waals surface area contributed by atoms with Gasteiger partial charge in [0.1, 0.15) is 10.2 Å². The topological polar surface area (TPSA) is 51.2 Å². The Bertz CT molecular complexity index is 551. The first kappa shape index (κ1) is 14.8. The molecule has 0 aromatic carbocycles. The summed E-state index contributed by atoms with van der Waals surface area (Å²) < 4.78 is 6.23. The summed E-state index contributed by atoms with van der Waals surface area (Å²) in [6.07, 6.45) is 6.02. The molecule has 1 heterocycles. The van der Waals surface area contributed by atoms with Crippen molar-refractivity contribution in [2.45, 2.75) is 57.6 Å². The standard InChI is InChI=1S/C16H21BrN2O2/c1-14(2,3)21-13(20)19-16(9-15(10-16)6-7-15)11-4-5-12(17)18-8-11/h4-5,8H,6-7,9-10H2,1-3H3,(H,19,20). The largest absolute Gasteiger partial charge is 0.444 e. The molecule has 1 aromatic rings. The fourth-order valence-electron chi connectivity index (χ4n) is 3.28. The van der Waals surface area contributed by atoms with Gasteiger partial charge in [0.2, 0.25) is 0 Å². The maximum Gasteiger partial charge on any atom is 0.408 e. The van der Waals surface area contributed by atoms with Crippen LogP contribution < -0.4 is 5.32 Å². The summed E-state index contributed by atoms with van der Waals surface area (Å²) in [4.78, 5) is 16.5. The van der Waals surface area contributed by atoms with Gasteiger partial charge in [0, 0.05) is 6.20 Å². The second kappa shape index (κ2) is 4.70. The van der Waals surface area contributed by atoms with Gasteiger partial charge in [-0.1, -0.05) is 6.07 Å². The maximum absolute atomic E-state index is 12.2. The molecule has 21 heavy (non-hydrogen) atoms. The smallest absolute Gasteiger partial charge is 0.408 e. The zero-order valence-electron chi connectivity index (χ0n) is 12.7. The highest BCUT2D eigenvalue weighted by molar-refractivity contribution is 9.10. The molecular weight excluding hydrogens is 332 g/mol. The SMILES string of the molecule is CC(C)(C)OC(=O)NC1(c2ccc(Br)nc2)CC2(CC2)C1. The summed E-state index contributed by atoms with van der Waals surface area (Å²) >= 11 is 3.35. The van der Waals surface area contributed by atoms with Crippen LogP contribution in [0.3, 0.4) is 0 Å². The van der Waals surface area contributed by atoms with E-state index in [1.54, 1.807) is 0 Å². The van der Waals surface area contributed by atoms with Crippen LogP contribution in [0.1, 0.15) is 52.0 Å². The maximum atomic E-state index is 12.2. The van der Waals surface area contributed by atoms with E-state index in [2.05, 4.69) is 26.2 Å². The number of aromatic nitrogens is 1. The first-order valence-electron chi connectivity index (χ1n) is 7.35. The fourth-order valence-corrected chi connectivity index (χ4v) is 3.52. The highest BCUT2D eigenvalue weighted by Crippen LogP contribution is 2.67. The Morgan fingerprint density at radius 3 is 2.48 bits per heavy atom. The van der Waals surface area contributed by atoms with E-state index in [9.17, 15) is 4.79 Å². The first-order valence-corrected chi connectivity index (χ1v) is 8.15. The van der Waals surface area contributed by atoms with Gasteiger partial charge in [-0.15, -0.1) is 0 Å². The average molecular weight is 353 g/mol. The third kappa shape index (κ3) is 3.07. The van der Waals surface area contributed by atoms with Crippen molar-refractivity contribution in [3.8, 4) is 0 Å². The number of nitrogens with zero attached hydrogens (tertiary/aromatic N) is 1. The van der Waals surface area contributed by atoms with Gasteiger partial charge in [-0.3, -0.25) is 0 Å². The van der Waals surface area contributed by atoms with Crippen LogP contribution in [0, 0.1) is 5.41 Å². The van der Waals surface area contributed by atoms with Crippen LogP contribution in [0.4, 0.5) is 4.79 Å². The summed E-state index contributed by atoms with van der Waals surface area (Å²) in [6, 6.07) is 3.95. The van der Waals surface area contributed by atoms with Crippen molar-refractivity contribution in [3.63, 3.8) is 0 Å². The predicted molar refractivity (Wildman–Crippen MR) is 83.9 cm³/mol. The molecule has 2 aliphatic rings. The number of nitrogens with one attached hydrogen (secondary N) is 1. The second-order valence-electron chi connectivity index (χ2n) is 7.43. The Hall–Kier alpha value is -1.10. The first-order chi connectivity index (χ1) is 9.72. The summed E-state index contributed by atoms with van der Waals surface area (Å²) in [6.45, 7) is 5.64. The van der Waals surface area contributed by atoms with Crippen molar-refractivity contribution in [1.29, 1.82) is 0 Å². The lowest BCUT2D eigenvalue weighted by Gasteiger charge is -2.49. The number of hydrogen-bond acceptors (Lipinski definition) is 3. The molecule has 3 rings (SSSR count). The minimum atomic E-state index is -0.482. The van der Waals surface area contributed by atoms with E-state index in [1.165, 1.54) is 12.8 Å². The molecule has 1 N–H and O–H groups in total. The van der Waals surface area contributed by atoms with Gasteiger partial charge in [0.25, 0.3) is 0 Å². The average Bonchev–Trinajstić information content (AvgIpc) is 3.06. The van der Waals surface area contributed by atoms with Crippen LogP contribution in [0.5, 0.6) is 0 Å². The number of ether oxygens (including phenoxy) is 1. The van der Waals surface area contributed by atoms with E-state index in [-0.39, 0.29) is 11.6 Å². The van der Waals surface area contributed by atoms with Crippen molar-refractivity contribution in [2.24, 2.45) is 5.41 Å². The number of carbonyl (C=O) groups excluding carboxylic acids is 1. The molecule has 0 saturated heterocycles. The molecule has 2 fully saturated rings. The van der Waals surface area contributed by atoms with Crippen LogP contribution in [0.25, 0.3) is 0 Å². The lowest BCUT2D eigenvalue weighted by Crippen LogP contribution is -2.56. The van der Waals surface area contributed by atoms with Gasteiger partial charge in [-0.2, -0.15) is 0 Å². The number of carbonyl (C=O) groups is 1. The monoisotopic (exact) mass is 352 g/mol. The molecule has 0 bridgehead atoms. The molecule has 1 aromatic heterocycles. The number of alkyl carbamates (subject to hydrolysis) is 1. The van der Waals surface area contributed by atoms with Crippen molar-refractivity contribution < 1.29 is 9.53 Å². The molecule has 1 spiro atoms. The molecular formula is C16H21BrN2O2. The fraction of sp³-hybridized carbons (Fsp3) is 0.625. The lowest BCUT2D eigenvalue weighted by molar-refractivity contribution is 0.0227. The minimum Gasteiger partial charge on any atom is -0.444 e. The van der Waals surface area contributed by atoms with Crippen LogP contribution in [0.2, 0.25) is 0 Å². The van der Waals surface area contributed by atoms with Gasteiger partial charge in [0.05, 0.1) is 5.54 Å². The Morgan fingerprint density at radius 1 is 1.33 bits per heavy atom. The van der Waals surface area contributed by atoms with Gasteiger partial charge >= 0.3 is 6.09 Å². The van der Waals surface area contributed by atoms with E-state index < -0.39 is 5.60 Å². The second-order valence-corrected chi connectivity index (χ2v) is 8.24. The molecule has 2 aliphatic carbocycles. The van der Waals surface area contributed by atoms with E-state index in [0.717, 1.165) is 23.0 Å². The van der Waals surface area contributed by atoms with Gasteiger partial charge in [0.15, 0.2) is 0 Å². The van der Waals surface area contributed by atoms with Gasteiger partial charge < -0.3 is 10.1 Å². The number of amides is 1.